The Morgan fingerprint density at radius 2 is 2.00 bits per heavy atom. The minimum atomic E-state index is -0.460. The lowest BCUT2D eigenvalue weighted by Crippen LogP contribution is -2.36. The van der Waals surface area contributed by atoms with E-state index in [4.69, 9.17) is 4.74 Å². The molecular formula is C14H21BrClNO2. The highest BCUT2D eigenvalue weighted by molar-refractivity contribution is 9.10. The van der Waals surface area contributed by atoms with E-state index in [1.807, 2.05) is 24.3 Å². The standard InChI is InChI=1S/C14H20BrNO2.ClH/c15-13-7-3-4-8-14(13)18-10-12(17)9-16-11-5-1-2-6-11;/h3-4,7-8,11-12,16-17H,1-2,5-6,9-10H2;1H. The SMILES string of the molecule is Cl.OC(CNC1CCCC1)COc1ccccc1Br. The Bertz CT molecular complexity index is 372. The van der Waals surface area contributed by atoms with Gasteiger partial charge >= 0.3 is 0 Å². The van der Waals surface area contributed by atoms with Crippen LogP contribution in [0.4, 0.5) is 0 Å². The Morgan fingerprint density at radius 3 is 2.68 bits per heavy atom. The zero-order chi connectivity index (χ0) is 12.8. The molecule has 1 aromatic rings. The van der Waals surface area contributed by atoms with Crippen LogP contribution in [0.3, 0.4) is 0 Å². The molecule has 1 saturated carbocycles. The van der Waals surface area contributed by atoms with Gasteiger partial charge in [0.2, 0.25) is 0 Å². The van der Waals surface area contributed by atoms with Gasteiger partial charge in [0.05, 0.1) is 4.47 Å². The fraction of sp³-hybridized carbons (Fsp3) is 0.571. The van der Waals surface area contributed by atoms with Gasteiger partial charge in [-0.05, 0) is 40.9 Å². The summed E-state index contributed by atoms with van der Waals surface area (Å²) in [5, 5.41) is 13.2. The number of halogens is 2. The Balaban J connectivity index is 0.00000180. The Kier molecular flexibility index (Phi) is 7.76. The molecule has 1 aliphatic rings. The van der Waals surface area contributed by atoms with E-state index in [0.29, 0.717) is 19.2 Å². The number of hydrogen-bond donors (Lipinski definition) is 2. The van der Waals surface area contributed by atoms with Crippen molar-refractivity contribution in [2.45, 2.75) is 37.8 Å². The zero-order valence-corrected chi connectivity index (χ0v) is 13.3. The van der Waals surface area contributed by atoms with Crippen molar-refractivity contribution in [3.8, 4) is 5.75 Å². The first kappa shape index (κ1) is 16.8. The molecule has 0 aromatic heterocycles. The second kappa shape index (κ2) is 8.80. The summed E-state index contributed by atoms with van der Waals surface area (Å²) in [5.74, 6) is 0.775. The summed E-state index contributed by atoms with van der Waals surface area (Å²) in [6.45, 7) is 0.928. The smallest absolute Gasteiger partial charge is 0.133 e. The predicted octanol–water partition coefficient (Wildman–Crippen LogP) is 3.14. The minimum Gasteiger partial charge on any atom is -0.490 e. The molecule has 1 aromatic carbocycles. The van der Waals surface area contributed by atoms with Crippen molar-refractivity contribution in [3.63, 3.8) is 0 Å². The van der Waals surface area contributed by atoms with Crippen molar-refractivity contribution in [3.05, 3.63) is 28.7 Å². The molecule has 0 radical (unpaired) electrons. The number of hydrogen-bond acceptors (Lipinski definition) is 3. The first-order chi connectivity index (χ1) is 8.75. The van der Waals surface area contributed by atoms with Crippen LogP contribution in [0.2, 0.25) is 0 Å². The zero-order valence-electron chi connectivity index (χ0n) is 10.8. The van der Waals surface area contributed by atoms with Gasteiger partial charge in [-0.1, -0.05) is 25.0 Å². The Hall–Kier alpha value is -0.290. The highest BCUT2D eigenvalue weighted by atomic mass is 79.9. The van der Waals surface area contributed by atoms with Crippen LogP contribution in [-0.4, -0.2) is 30.4 Å². The molecule has 1 aliphatic carbocycles. The molecule has 0 heterocycles. The van der Waals surface area contributed by atoms with Crippen molar-refractivity contribution in [1.82, 2.24) is 5.32 Å². The van der Waals surface area contributed by atoms with Crippen molar-refractivity contribution < 1.29 is 9.84 Å². The molecule has 3 nitrogen and oxygen atoms in total. The molecule has 1 fully saturated rings. The average Bonchev–Trinajstić information content (AvgIpc) is 2.88. The molecule has 108 valence electrons. The molecule has 19 heavy (non-hydrogen) atoms. The average molecular weight is 351 g/mol. The summed E-state index contributed by atoms with van der Waals surface area (Å²) >= 11 is 3.42. The maximum absolute atomic E-state index is 9.86. The fourth-order valence-corrected chi connectivity index (χ4v) is 2.64. The molecule has 2 rings (SSSR count). The van der Waals surface area contributed by atoms with Gasteiger partial charge in [-0.2, -0.15) is 0 Å². The number of nitrogens with one attached hydrogen (secondary N) is 1. The molecule has 0 bridgehead atoms. The van der Waals surface area contributed by atoms with Crippen molar-refractivity contribution in [1.29, 1.82) is 0 Å². The quantitative estimate of drug-likeness (QED) is 0.828. The maximum atomic E-state index is 9.86. The summed E-state index contributed by atoms with van der Waals surface area (Å²) in [6.07, 6.45) is 4.62. The molecule has 0 amide bonds. The van der Waals surface area contributed by atoms with Crippen LogP contribution in [0.15, 0.2) is 28.7 Å². The number of rotatable bonds is 6. The van der Waals surface area contributed by atoms with Gasteiger partial charge in [0, 0.05) is 12.6 Å². The van der Waals surface area contributed by atoms with Crippen LogP contribution >= 0.6 is 28.3 Å². The lowest BCUT2D eigenvalue weighted by molar-refractivity contribution is 0.103. The van der Waals surface area contributed by atoms with E-state index in [-0.39, 0.29) is 12.4 Å². The van der Waals surface area contributed by atoms with Gasteiger partial charge in [0.25, 0.3) is 0 Å². The van der Waals surface area contributed by atoms with Crippen molar-refractivity contribution in [2.75, 3.05) is 13.2 Å². The minimum absolute atomic E-state index is 0. The van der Waals surface area contributed by atoms with Gasteiger partial charge in [-0.25, -0.2) is 0 Å². The molecule has 5 heteroatoms. The number of aliphatic hydroxyl groups excluding tert-OH is 1. The molecular weight excluding hydrogens is 330 g/mol. The van der Waals surface area contributed by atoms with Crippen LogP contribution in [0, 0.1) is 0 Å². The summed E-state index contributed by atoms with van der Waals surface area (Å²) in [6, 6.07) is 8.26. The molecule has 0 spiro atoms. The largest absolute Gasteiger partial charge is 0.490 e. The number of benzene rings is 1. The van der Waals surface area contributed by atoms with Gasteiger partial charge in [0.1, 0.15) is 18.5 Å². The topological polar surface area (TPSA) is 41.5 Å². The summed E-state index contributed by atoms with van der Waals surface area (Å²) < 4.78 is 6.49. The molecule has 0 saturated heterocycles. The number of aliphatic hydroxyl groups is 1. The first-order valence-electron chi connectivity index (χ1n) is 6.54. The highest BCUT2D eigenvalue weighted by Crippen LogP contribution is 2.23. The lowest BCUT2D eigenvalue weighted by Gasteiger charge is -2.17. The normalized spacial score (nSPS) is 16.9. The molecule has 2 N–H and O–H groups in total. The second-order valence-corrected chi connectivity index (χ2v) is 5.64. The first-order valence-corrected chi connectivity index (χ1v) is 7.34. The van der Waals surface area contributed by atoms with Crippen LogP contribution in [0.25, 0.3) is 0 Å². The summed E-state index contributed by atoms with van der Waals surface area (Å²) in [7, 11) is 0. The van der Waals surface area contributed by atoms with Gasteiger partial charge in [0.15, 0.2) is 0 Å². The Morgan fingerprint density at radius 1 is 1.32 bits per heavy atom. The van der Waals surface area contributed by atoms with Crippen molar-refractivity contribution in [2.24, 2.45) is 0 Å². The number of ether oxygens (including phenoxy) is 1. The maximum Gasteiger partial charge on any atom is 0.133 e. The third-order valence-electron chi connectivity index (χ3n) is 3.27. The lowest BCUT2D eigenvalue weighted by atomic mass is 10.2. The third kappa shape index (κ3) is 5.69. The fourth-order valence-electron chi connectivity index (χ4n) is 2.24. The molecule has 0 aliphatic heterocycles. The molecule has 1 unspecified atom stereocenters. The Labute approximate surface area is 129 Å². The van der Waals surface area contributed by atoms with E-state index in [9.17, 15) is 5.11 Å². The molecule has 1 atom stereocenters. The van der Waals surface area contributed by atoms with Crippen LogP contribution in [0.5, 0.6) is 5.75 Å². The summed E-state index contributed by atoms with van der Waals surface area (Å²) in [5.41, 5.74) is 0. The van der Waals surface area contributed by atoms with E-state index in [2.05, 4.69) is 21.2 Å². The van der Waals surface area contributed by atoms with Gasteiger partial charge < -0.3 is 15.2 Å². The van der Waals surface area contributed by atoms with Crippen LogP contribution < -0.4 is 10.1 Å². The van der Waals surface area contributed by atoms with E-state index < -0.39 is 6.10 Å². The number of para-hydroxylation sites is 1. The second-order valence-electron chi connectivity index (χ2n) is 4.78. The monoisotopic (exact) mass is 349 g/mol. The van der Waals surface area contributed by atoms with E-state index in [1.54, 1.807) is 0 Å². The van der Waals surface area contributed by atoms with Gasteiger partial charge in [-0.3, -0.25) is 0 Å². The van der Waals surface area contributed by atoms with E-state index in [0.717, 1.165) is 10.2 Å². The van der Waals surface area contributed by atoms with Gasteiger partial charge in [-0.15, -0.1) is 12.4 Å². The van der Waals surface area contributed by atoms with Crippen molar-refractivity contribution >= 4 is 28.3 Å². The highest BCUT2D eigenvalue weighted by Gasteiger charge is 2.15. The van der Waals surface area contributed by atoms with E-state index in [1.165, 1.54) is 25.7 Å². The summed E-state index contributed by atoms with van der Waals surface area (Å²) in [4.78, 5) is 0. The third-order valence-corrected chi connectivity index (χ3v) is 3.92. The van der Waals surface area contributed by atoms with Crippen LogP contribution in [-0.2, 0) is 0 Å². The van der Waals surface area contributed by atoms with Crippen LogP contribution in [0.1, 0.15) is 25.7 Å². The van der Waals surface area contributed by atoms with E-state index >= 15 is 0 Å². The predicted molar refractivity (Wildman–Crippen MR) is 83.2 cm³/mol.